The second-order valence-electron chi connectivity index (χ2n) is 8.71. The highest BCUT2D eigenvalue weighted by atomic mass is 16.5. The van der Waals surface area contributed by atoms with Crippen LogP contribution in [0.3, 0.4) is 0 Å². The Morgan fingerprint density at radius 1 is 1.24 bits per heavy atom. The summed E-state index contributed by atoms with van der Waals surface area (Å²) in [5.41, 5.74) is 1.42. The first-order chi connectivity index (χ1) is 13.9. The van der Waals surface area contributed by atoms with Crippen LogP contribution < -0.4 is 0 Å². The molecule has 2 fully saturated rings. The maximum absolute atomic E-state index is 12.9. The third-order valence-electron chi connectivity index (χ3n) is 6.21. The van der Waals surface area contributed by atoms with Crippen LogP contribution in [-0.4, -0.2) is 85.4 Å². The highest BCUT2D eigenvalue weighted by Crippen LogP contribution is 2.40. The molecule has 0 N–H and O–H groups in total. The van der Waals surface area contributed by atoms with Gasteiger partial charge in [-0.1, -0.05) is 6.07 Å². The highest BCUT2D eigenvalue weighted by molar-refractivity contribution is 5.92. The zero-order chi connectivity index (χ0) is 20.9. The van der Waals surface area contributed by atoms with Gasteiger partial charge in [-0.15, -0.1) is 0 Å². The fourth-order valence-corrected chi connectivity index (χ4v) is 4.47. The Bertz CT molecular complexity index is 714. The molecule has 0 atom stereocenters. The number of carbonyl (C=O) groups is 2. The lowest BCUT2D eigenvalue weighted by Crippen LogP contribution is -2.52. The smallest absolute Gasteiger partial charge is 0.272 e. The van der Waals surface area contributed by atoms with Crippen molar-refractivity contribution in [3.63, 3.8) is 0 Å². The molecular formula is C22H34N4O3. The van der Waals surface area contributed by atoms with Crippen LogP contribution >= 0.6 is 0 Å². The van der Waals surface area contributed by atoms with Crippen molar-refractivity contribution in [1.82, 2.24) is 19.7 Å². The molecule has 2 saturated heterocycles. The van der Waals surface area contributed by atoms with Gasteiger partial charge in [0.2, 0.25) is 5.91 Å². The zero-order valence-electron chi connectivity index (χ0n) is 18.0. The van der Waals surface area contributed by atoms with Gasteiger partial charge >= 0.3 is 0 Å². The molecule has 160 valence electrons. The SMILES string of the molecule is COCc1cccc(C(=O)N2CCC3(CCC(=O)N(CCCN(C)C)C3)CC2)n1. The molecule has 1 aromatic heterocycles. The zero-order valence-corrected chi connectivity index (χ0v) is 18.0. The third kappa shape index (κ3) is 5.54. The van der Waals surface area contributed by atoms with Gasteiger partial charge in [-0.3, -0.25) is 9.59 Å². The normalized spacial score (nSPS) is 19.2. The van der Waals surface area contributed by atoms with Crippen molar-refractivity contribution in [1.29, 1.82) is 0 Å². The van der Waals surface area contributed by atoms with Crippen LogP contribution in [0.5, 0.6) is 0 Å². The lowest BCUT2D eigenvalue weighted by Gasteiger charge is -2.47. The van der Waals surface area contributed by atoms with E-state index in [0.717, 1.165) is 64.1 Å². The average Bonchev–Trinajstić information content (AvgIpc) is 2.71. The van der Waals surface area contributed by atoms with Gasteiger partial charge in [0.1, 0.15) is 5.69 Å². The molecule has 0 aliphatic carbocycles. The fraction of sp³-hybridized carbons (Fsp3) is 0.682. The van der Waals surface area contributed by atoms with E-state index in [1.807, 2.05) is 17.0 Å². The van der Waals surface area contributed by atoms with E-state index >= 15 is 0 Å². The maximum Gasteiger partial charge on any atom is 0.272 e. The van der Waals surface area contributed by atoms with Crippen LogP contribution in [0.15, 0.2) is 18.2 Å². The van der Waals surface area contributed by atoms with Gasteiger partial charge in [-0.25, -0.2) is 4.98 Å². The number of ether oxygens (including phenoxy) is 1. The molecule has 2 aliphatic rings. The molecular weight excluding hydrogens is 368 g/mol. The Kier molecular flexibility index (Phi) is 7.24. The summed E-state index contributed by atoms with van der Waals surface area (Å²) in [7, 11) is 5.75. The summed E-state index contributed by atoms with van der Waals surface area (Å²) in [6.07, 6.45) is 4.49. The number of likely N-dealkylation sites (tertiary alicyclic amines) is 2. The Hall–Kier alpha value is -1.99. The number of rotatable bonds is 7. The summed E-state index contributed by atoms with van der Waals surface area (Å²) in [4.78, 5) is 35.8. The van der Waals surface area contributed by atoms with E-state index < -0.39 is 0 Å². The van der Waals surface area contributed by atoms with Gasteiger partial charge in [0.05, 0.1) is 12.3 Å². The molecule has 2 aliphatic heterocycles. The van der Waals surface area contributed by atoms with Crippen LogP contribution in [-0.2, 0) is 16.1 Å². The summed E-state index contributed by atoms with van der Waals surface area (Å²) in [6.45, 7) is 4.53. The number of carbonyl (C=O) groups excluding carboxylic acids is 2. The molecule has 29 heavy (non-hydrogen) atoms. The monoisotopic (exact) mass is 402 g/mol. The van der Waals surface area contributed by atoms with Gasteiger partial charge in [-0.2, -0.15) is 0 Å². The van der Waals surface area contributed by atoms with E-state index in [1.54, 1.807) is 13.2 Å². The lowest BCUT2D eigenvalue weighted by molar-refractivity contribution is -0.139. The molecule has 3 rings (SSSR count). The predicted molar refractivity (Wildman–Crippen MR) is 112 cm³/mol. The second kappa shape index (κ2) is 9.67. The minimum Gasteiger partial charge on any atom is -0.378 e. The Morgan fingerprint density at radius 2 is 2.00 bits per heavy atom. The van der Waals surface area contributed by atoms with Gasteiger partial charge in [0.15, 0.2) is 0 Å². The molecule has 1 spiro atoms. The second-order valence-corrected chi connectivity index (χ2v) is 8.71. The van der Waals surface area contributed by atoms with E-state index in [4.69, 9.17) is 4.74 Å². The van der Waals surface area contributed by atoms with Crippen LogP contribution in [0.25, 0.3) is 0 Å². The molecule has 0 saturated carbocycles. The number of nitrogens with zero attached hydrogens (tertiary/aromatic N) is 4. The van der Waals surface area contributed by atoms with Crippen molar-refractivity contribution in [3.05, 3.63) is 29.6 Å². The van der Waals surface area contributed by atoms with Crippen LogP contribution in [0.1, 0.15) is 48.3 Å². The number of amides is 2. The lowest BCUT2D eigenvalue weighted by atomic mass is 9.72. The minimum absolute atomic E-state index is 0.00692. The molecule has 1 aromatic rings. The van der Waals surface area contributed by atoms with E-state index in [-0.39, 0.29) is 17.2 Å². The Balaban J connectivity index is 1.57. The van der Waals surface area contributed by atoms with Crippen molar-refractivity contribution in [2.75, 3.05) is 53.9 Å². The van der Waals surface area contributed by atoms with E-state index in [9.17, 15) is 9.59 Å². The van der Waals surface area contributed by atoms with Crippen LogP contribution in [0.2, 0.25) is 0 Å². The third-order valence-corrected chi connectivity index (χ3v) is 6.21. The van der Waals surface area contributed by atoms with Gasteiger partial charge < -0.3 is 19.4 Å². The molecule has 0 radical (unpaired) electrons. The summed E-state index contributed by atoms with van der Waals surface area (Å²) < 4.78 is 5.12. The van der Waals surface area contributed by atoms with Crippen LogP contribution in [0.4, 0.5) is 0 Å². The molecule has 3 heterocycles. The topological polar surface area (TPSA) is 66.0 Å². The Labute approximate surface area is 174 Å². The number of aromatic nitrogens is 1. The largest absolute Gasteiger partial charge is 0.378 e. The van der Waals surface area contributed by atoms with Gasteiger partial charge in [0, 0.05) is 39.7 Å². The van der Waals surface area contributed by atoms with Crippen molar-refractivity contribution >= 4 is 11.8 Å². The predicted octanol–water partition coefficient (Wildman–Crippen LogP) is 2.02. The summed E-state index contributed by atoms with van der Waals surface area (Å²) in [5.74, 6) is 0.277. The molecule has 0 unspecified atom stereocenters. The molecule has 7 nitrogen and oxygen atoms in total. The molecule has 0 bridgehead atoms. The van der Waals surface area contributed by atoms with E-state index in [1.165, 1.54) is 0 Å². The van der Waals surface area contributed by atoms with Crippen molar-refractivity contribution < 1.29 is 14.3 Å². The fourth-order valence-electron chi connectivity index (χ4n) is 4.47. The molecule has 7 heteroatoms. The maximum atomic E-state index is 12.9. The Morgan fingerprint density at radius 3 is 2.69 bits per heavy atom. The summed E-state index contributed by atoms with van der Waals surface area (Å²) in [5, 5.41) is 0. The van der Waals surface area contributed by atoms with Crippen molar-refractivity contribution in [3.8, 4) is 0 Å². The van der Waals surface area contributed by atoms with Crippen molar-refractivity contribution in [2.45, 2.75) is 38.7 Å². The summed E-state index contributed by atoms with van der Waals surface area (Å²) in [6, 6.07) is 5.51. The first-order valence-corrected chi connectivity index (χ1v) is 10.6. The molecule has 2 amide bonds. The van der Waals surface area contributed by atoms with Gasteiger partial charge in [0.25, 0.3) is 5.91 Å². The quantitative estimate of drug-likeness (QED) is 0.698. The summed E-state index contributed by atoms with van der Waals surface area (Å²) >= 11 is 0. The minimum atomic E-state index is -0.00692. The highest BCUT2D eigenvalue weighted by Gasteiger charge is 2.41. The number of pyridine rings is 1. The molecule has 0 aromatic carbocycles. The first kappa shape index (κ1) is 21.7. The van der Waals surface area contributed by atoms with E-state index in [2.05, 4.69) is 28.9 Å². The van der Waals surface area contributed by atoms with Gasteiger partial charge in [-0.05, 0) is 63.9 Å². The number of hydrogen-bond donors (Lipinski definition) is 0. The average molecular weight is 403 g/mol. The number of piperidine rings is 2. The first-order valence-electron chi connectivity index (χ1n) is 10.6. The standard InChI is InChI=1S/C22H34N4O3/c1-24(2)12-5-13-26-17-22(9-8-20(26)27)10-14-25(15-11-22)21(28)19-7-4-6-18(23-19)16-29-3/h4,6-7H,5,8-17H2,1-3H3. The van der Waals surface area contributed by atoms with E-state index in [0.29, 0.717) is 18.7 Å². The van der Waals surface area contributed by atoms with Crippen LogP contribution in [0, 0.1) is 5.41 Å². The van der Waals surface area contributed by atoms with Crippen molar-refractivity contribution in [2.24, 2.45) is 5.41 Å². The number of methoxy groups -OCH3 is 1. The number of hydrogen-bond acceptors (Lipinski definition) is 5.